The van der Waals surface area contributed by atoms with Crippen molar-refractivity contribution in [1.82, 2.24) is 0 Å². The molecule has 1 aliphatic rings. The number of carbonyl (C=O) groups excluding carboxylic acids is 1. The van der Waals surface area contributed by atoms with Crippen molar-refractivity contribution in [1.29, 1.82) is 0 Å². The van der Waals surface area contributed by atoms with E-state index in [4.69, 9.17) is 0 Å². The number of hydrogen-bond acceptors (Lipinski definition) is 2. The highest BCUT2D eigenvalue weighted by molar-refractivity contribution is 6.10. The first kappa shape index (κ1) is 11.8. The summed E-state index contributed by atoms with van der Waals surface area (Å²) >= 11 is 0. The van der Waals surface area contributed by atoms with Crippen LogP contribution in [-0.4, -0.2) is 10.9 Å². The number of carbonyl (C=O) groups is 1. The molecule has 0 spiro atoms. The van der Waals surface area contributed by atoms with Crippen LogP contribution in [0.4, 0.5) is 0 Å². The molecule has 0 heterocycles. The van der Waals surface area contributed by atoms with Gasteiger partial charge in [0, 0.05) is 11.5 Å². The first-order valence-corrected chi connectivity index (χ1v) is 5.39. The maximum Gasteiger partial charge on any atom is 0.223 e. The van der Waals surface area contributed by atoms with Crippen LogP contribution in [0.15, 0.2) is 36.1 Å². The summed E-state index contributed by atoms with van der Waals surface area (Å²) in [6, 6.07) is 0. The minimum absolute atomic E-state index is 0.0578. The van der Waals surface area contributed by atoms with Crippen molar-refractivity contribution in [3.8, 4) is 0 Å². The van der Waals surface area contributed by atoms with E-state index in [2.05, 4.69) is 20.1 Å². The fourth-order valence-electron chi connectivity index (χ4n) is 2.02. The molecule has 15 heavy (non-hydrogen) atoms. The van der Waals surface area contributed by atoms with Crippen molar-refractivity contribution in [2.75, 3.05) is 0 Å². The number of Topliss-reactive ketones (excluding diaryl/α,β-unsaturated/α-hetero) is 1. The number of aliphatic hydroxyl groups excluding tert-OH is 1. The molecule has 0 aliphatic heterocycles. The molecule has 0 bridgehead atoms. The van der Waals surface area contributed by atoms with E-state index in [1.807, 2.05) is 0 Å². The molecule has 1 rings (SSSR count). The van der Waals surface area contributed by atoms with Crippen molar-refractivity contribution in [2.24, 2.45) is 5.92 Å². The predicted octanol–water partition coefficient (Wildman–Crippen LogP) is 3.32. The van der Waals surface area contributed by atoms with E-state index in [1.165, 1.54) is 0 Å². The summed E-state index contributed by atoms with van der Waals surface area (Å²) in [6.45, 7) is 9.48. The summed E-state index contributed by atoms with van der Waals surface area (Å²) in [5, 5.41) is 9.69. The molecule has 0 aromatic heterocycles. The van der Waals surface area contributed by atoms with Gasteiger partial charge in [-0.3, -0.25) is 4.79 Å². The molecule has 2 nitrogen and oxygen atoms in total. The second-order valence-electron chi connectivity index (χ2n) is 3.90. The Bertz CT molecular complexity index is 323. The molecule has 0 radical (unpaired) electrons. The maximum absolute atomic E-state index is 11.5. The summed E-state index contributed by atoms with van der Waals surface area (Å²) in [6.07, 6.45) is 5.18. The van der Waals surface area contributed by atoms with Crippen LogP contribution in [0.2, 0.25) is 0 Å². The smallest absolute Gasteiger partial charge is 0.223 e. The Hall–Kier alpha value is -1.31. The summed E-state index contributed by atoms with van der Waals surface area (Å²) in [4.78, 5) is 11.5. The number of allylic oxidation sites excluding steroid dienone is 3. The van der Waals surface area contributed by atoms with E-state index in [1.54, 1.807) is 6.08 Å². The molecule has 1 atom stereocenters. The lowest BCUT2D eigenvalue weighted by Gasteiger charge is -2.13. The number of rotatable bonds is 5. The van der Waals surface area contributed by atoms with Crippen LogP contribution >= 0.6 is 0 Å². The molecule has 1 aliphatic carbocycles. The topological polar surface area (TPSA) is 37.3 Å². The Kier molecular flexibility index (Phi) is 3.89. The summed E-state index contributed by atoms with van der Waals surface area (Å²) in [7, 11) is 0. The molecule has 2 heteroatoms. The van der Waals surface area contributed by atoms with Gasteiger partial charge in [0.1, 0.15) is 0 Å². The second kappa shape index (κ2) is 4.96. The highest BCUT2D eigenvalue weighted by Gasteiger charge is 2.34. The van der Waals surface area contributed by atoms with Crippen LogP contribution in [-0.2, 0) is 4.79 Å². The number of ketones is 1. The van der Waals surface area contributed by atoms with E-state index in [9.17, 15) is 9.90 Å². The Morgan fingerprint density at radius 1 is 1.53 bits per heavy atom. The second-order valence-corrected chi connectivity index (χ2v) is 3.90. The molecule has 0 fully saturated rings. The third-order valence-corrected chi connectivity index (χ3v) is 2.85. The van der Waals surface area contributed by atoms with Gasteiger partial charge in [0.2, 0.25) is 5.78 Å². The SMILES string of the molecule is C=CCCC1=C(O)C(=O)C(=C)[C@@H]1CCC. The first-order chi connectivity index (χ1) is 7.13. The Labute approximate surface area is 91.0 Å². The third-order valence-electron chi connectivity index (χ3n) is 2.85. The average molecular weight is 206 g/mol. The van der Waals surface area contributed by atoms with Gasteiger partial charge in [-0.05, 0) is 24.8 Å². The van der Waals surface area contributed by atoms with Gasteiger partial charge in [0.05, 0.1) is 0 Å². The van der Waals surface area contributed by atoms with Gasteiger partial charge >= 0.3 is 0 Å². The predicted molar refractivity (Wildman–Crippen MR) is 61.6 cm³/mol. The summed E-state index contributed by atoms with van der Waals surface area (Å²) in [5.74, 6) is -0.282. The largest absolute Gasteiger partial charge is 0.504 e. The first-order valence-electron chi connectivity index (χ1n) is 5.39. The molecule has 82 valence electrons. The number of hydrogen-bond donors (Lipinski definition) is 1. The normalized spacial score (nSPS) is 21.3. The monoisotopic (exact) mass is 206 g/mol. The minimum atomic E-state index is -0.271. The molecule has 0 unspecified atom stereocenters. The molecular weight excluding hydrogens is 188 g/mol. The maximum atomic E-state index is 11.5. The van der Waals surface area contributed by atoms with Crippen LogP contribution in [0.3, 0.4) is 0 Å². The van der Waals surface area contributed by atoms with Crippen LogP contribution in [0.5, 0.6) is 0 Å². The highest BCUT2D eigenvalue weighted by atomic mass is 16.3. The van der Waals surface area contributed by atoms with Crippen LogP contribution in [0.25, 0.3) is 0 Å². The molecule has 0 aromatic carbocycles. The molecule has 0 amide bonds. The molecule has 0 aromatic rings. The standard InChI is InChI=1S/C13H18O2/c1-4-6-8-11-10(7-5-2)9(3)12(14)13(11)15/h4,10,15H,1,3,5-8H2,2H3/t10-/m0/s1. The average Bonchev–Trinajstić information content (AvgIpc) is 2.42. The number of aliphatic hydroxyl groups is 1. The fraction of sp³-hybridized carbons (Fsp3) is 0.462. The van der Waals surface area contributed by atoms with Gasteiger partial charge in [-0.1, -0.05) is 26.0 Å². The van der Waals surface area contributed by atoms with Gasteiger partial charge in [-0.25, -0.2) is 0 Å². The van der Waals surface area contributed by atoms with Gasteiger partial charge in [-0.2, -0.15) is 0 Å². The lowest BCUT2D eigenvalue weighted by molar-refractivity contribution is -0.114. The van der Waals surface area contributed by atoms with Gasteiger partial charge in [-0.15, -0.1) is 6.58 Å². The quantitative estimate of drug-likeness (QED) is 0.553. The molecule has 1 N–H and O–H groups in total. The fourth-order valence-corrected chi connectivity index (χ4v) is 2.02. The zero-order chi connectivity index (χ0) is 11.4. The van der Waals surface area contributed by atoms with Gasteiger partial charge in [0.15, 0.2) is 5.76 Å². The van der Waals surface area contributed by atoms with Gasteiger partial charge in [0.25, 0.3) is 0 Å². The van der Waals surface area contributed by atoms with E-state index in [0.717, 1.165) is 24.8 Å². The van der Waals surface area contributed by atoms with Crippen molar-refractivity contribution in [2.45, 2.75) is 32.6 Å². The third kappa shape index (κ3) is 2.20. The molecule has 0 saturated carbocycles. The van der Waals surface area contributed by atoms with Crippen molar-refractivity contribution >= 4 is 5.78 Å². The van der Waals surface area contributed by atoms with E-state index >= 15 is 0 Å². The van der Waals surface area contributed by atoms with Gasteiger partial charge < -0.3 is 5.11 Å². The van der Waals surface area contributed by atoms with Crippen molar-refractivity contribution in [3.05, 3.63) is 36.1 Å². The van der Waals surface area contributed by atoms with Crippen LogP contribution in [0, 0.1) is 5.92 Å². The molecular formula is C13H18O2. The Morgan fingerprint density at radius 2 is 2.20 bits per heavy atom. The zero-order valence-corrected chi connectivity index (χ0v) is 9.25. The van der Waals surface area contributed by atoms with E-state index < -0.39 is 0 Å². The lowest BCUT2D eigenvalue weighted by atomic mass is 9.90. The van der Waals surface area contributed by atoms with Crippen molar-refractivity contribution < 1.29 is 9.90 Å². The molecule has 0 saturated heterocycles. The summed E-state index contributed by atoms with van der Waals surface area (Å²) < 4.78 is 0. The van der Waals surface area contributed by atoms with E-state index in [-0.39, 0.29) is 17.5 Å². The van der Waals surface area contributed by atoms with Crippen molar-refractivity contribution in [3.63, 3.8) is 0 Å². The highest BCUT2D eigenvalue weighted by Crippen LogP contribution is 2.37. The Balaban J connectivity index is 2.89. The zero-order valence-electron chi connectivity index (χ0n) is 9.25. The minimum Gasteiger partial charge on any atom is -0.504 e. The summed E-state index contributed by atoms with van der Waals surface area (Å²) in [5.41, 5.74) is 1.40. The van der Waals surface area contributed by atoms with Crippen LogP contribution in [0.1, 0.15) is 32.6 Å². The lowest BCUT2D eigenvalue weighted by Crippen LogP contribution is -2.04. The van der Waals surface area contributed by atoms with Crippen LogP contribution < -0.4 is 0 Å². The Morgan fingerprint density at radius 3 is 2.73 bits per heavy atom. The van der Waals surface area contributed by atoms with E-state index in [0.29, 0.717) is 12.0 Å².